The van der Waals surface area contributed by atoms with Crippen molar-refractivity contribution in [2.45, 2.75) is 25.7 Å². The van der Waals surface area contributed by atoms with Gasteiger partial charge in [0.05, 0.1) is 5.75 Å². The highest BCUT2D eigenvalue weighted by molar-refractivity contribution is 8.13. The molecule has 0 aromatic heterocycles. The molecular formula is C8H13ClO2S. The molecule has 70 valence electrons. The fraction of sp³-hybridized carbons (Fsp3) is 0.750. The fourth-order valence-corrected chi connectivity index (χ4v) is 2.31. The van der Waals surface area contributed by atoms with Crippen LogP contribution in [0, 0.1) is 5.92 Å². The van der Waals surface area contributed by atoms with Crippen molar-refractivity contribution in [1.82, 2.24) is 0 Å². The van der Waals surface area contributed by atoms with Crippen LogP contribution in [0.5, 0.6) is 0 Å². The lowest BCUT2D eigenvalue weighted by Crippen LogP contribution is -2.08. The molecule has 1 unspecified atom stereocenters. The van der Waals surface area contributed by atoms with Crippen LogP contribution < -0.4 is 0 Å². The van der Waals surface area contributed by atoms with Gasteiger partial charge in [0.2, 0.25) is 9.05 Å². The van der Waals surface area contributed by atoms with E-state index >= 15 is 0 Å². The molecular weight excluding hydrogens is 196 g/mol. The third-order valence-electron chi connectivity index (χ3n) is 2.15. The van der Waals surface area contributed by atoms with Gasteiger partial charge in [0, 0.05) is 10.7 Å². The average molecular weight is 209 g/mol. The second-order valence-electron chi connectivity index (χ2n) is 3.18. The number of allylic oxidation sites excluding steroid dienone is 2. The Morgan fingerprint density at radius 2 is 2.17 bits per heavy atom. The summed E-state index contributed by atoms with van der Waals surface area (Å²) in [5.74, 6) is 0.635. The van der Waals surface area contributed by atoms with Crippen molar-refractivity contribution in [2.75, 3.05) is 5.75 Å². The Balaban J connectivity index is 2.28. The topological polar surface area (TPSA) is 34.1 Å². The Morgan fingerprint density at radius 1 is 1.42 bits per heavy atom. The van der Waals surface area contributed by atoms with Gasteiger partial charge >= 0.3 is 0 Å². The summed E-state index contributed by atoms with van der Waals surface area (Å²) in [6.45, 7) is 0. The molecule has 0 bridgehead atoms. The standard InChI is InChI=1S/C8H13ClO2S/c9-12(10,11)7-6-8-4-2-1-3-5-8/h1-2,8H,3-7H2. The monoisotopic (exact) mass is 208 g/mol. The van der Waals surface area contributed by atoms with E-state index in [9.17, 15) is 8.42 Å². The Kier molecular flexibility index (Phi) is 3.59. The molecule has 0 aromatic rings. The van der Waals surface area contributed by atoms with E-state index in [1.807, 2.05) is 0 Å². The first kappa shape index (κ1) is 10.1. The van der Waals surface area contributed by atoms with Gasteiger partial charge in [-0.3, -0.25) is 0 Å². The highest BCUT2D eigenvalue weighted by Crippen LogP contribution is 2.22. The summed E-state index contributed by atoms with van der Waals surface area (Å²) < 4.78 is 21.2. The van der Waals surface area contributed by atoms with Crippen LogP contribution in [0.15, 0.2) is 12.2 Å². The molecule has 1 rings (SSSR count). The highest BCUT2D eigenvalue weighted by Gasteiger charge is 2.13. The molecule has 0 amide bonds. The highest BCUT2D eigenvalue weighted by atomic mass is 35.7. The van der Waals surface area contributed by atoms with Crippen molar-refractivity contribution in [2.24, 2.45) is 5.92 Å². The smallest absolute Gasteiger partial charge is 0.212 e. The van der Waals surface area contributed by atoms with Gasteiger partial charge in [-0.1, -0.05) is 12.2 Å². The predicted molar refractivity (Wildman–Crippen MR) is 50.7 cm³/mol. The van der Waals surface area contributed by atoms with E-state index in [0.717, 1.165) is 19.3 Å². The van der Waals surface area contributed by atoms with Crippen LogP contribution in [0.2, 0.25) is 0 Å². The first-order chi connectivity index (χ1) is 5.58. The molecule has 1 aliphatic rings. The van der Waals surface area contributed by atoms with Crippen LogP contribution in [0.4, 0.5) is 0 Å². The van der Waals surface area contributed by atoms with Crippen molar-refractivity contribution >= 4 is 19.7 Å². The lowest BCUT2D eigenvalue weighted by atomic mass is 9.92. The van der Waals surface area contributed by atoms with Crippen LogP contribution >= 0.6 is 10.7 Å². The lowest BCUT2D eigenvalue weighted by Gasteiger charge is -2.15. The molecule has 0 aromatic carbocycles. The average Bonchev–Trinajstić information content (AvgIpc) is 2.02. The number of rotatable bonds is 3. The zero-order chi connectivity index (χ0) is 9.03. The quantitative estimate of drug-likeness (QED) is 0.527. The van der Waals surface area contributed by atoms with Crippen LogP contribution in [0.3, 0.4) is 0 Å². The van der Waals surface area contributed by atoms with Gasteiger partial charge in [-0.05, 0) is 31.6 Å². The first-order valence-corrected chi connectivity index (χ1v) is 6.63. The third kappa shape index (κ3) is 4.12. The van der Waals surface area contributed by atoms with E-state index in [4.69, 9.17) is 10.7 Å². The molecule has 4 heteroatoms. The van der Waals surface area contributed by atoms with Gasteiger partial charge in [0.15, 0.2) is 0 Å². The van der Waals surface area contributed by atoms with Crippen LogP contribution in [-0.2, 0) is 9.05 Å². The van der Waals surface area contributed by atoms with Crippen LogP contribution in [-0.4, -0.2) is 14.2 Å². The molecule has 0 aliphatic heterocycles. The molecule has 0 saturated heterocycles. The number of halogens is 1. The van der Waals surface area contributed by atoms with E-state index < -0.39 is 9.05 Å². The summed E-state index contributed by atoms with van der Waals surface area (Å²) in [4.78, 5) is 0. The van der Waals surface area contributed by atoms with Crippen LogP contribution in [0.1, 0.15) is 25.7 Å². The van der Waals surface area contributed by atoms with Gasteiger partial charge in [0.1, 0.15) is 0 Å². The number of hydrogen-bond donors (Lipinski definition) is 0. The summed E-state index contributed by atoms with van der Waals surface area (Å²) in [6, 6.07) is 0. The molecule has 0 radical (unpaired) electrons. The van der Waals surface area contributed by atoms with Crippen molar-refractivity contribution in [3.05, 3.63) is 12.2 Å². The SMILES string of the molecule is O=S(=O)(Cl)CCC1CC=CCC1. The van der Waals surface area contributed by atoms with E-state index in [-0.39, 0.29) is 5.75 Å². The summed E-state index contributed by atoms with van der Waals surface area (Å²) in [5.41, 5.74) is 0. The minimum Gasteiger partial charge on any atom is -0.212 e. The maximum atomic E-state index is 10.6. The Labute approximate surface area is 78.0 Å². The zero-order valence-electron chi connectivity index (χ0n) is 6.87. The maximum absolute atomic E-state index is 10.6. The van der Waals surface area contributed by atoms with Gasteiger partial charge in [-0.25, -0.2) is 8.42 Å². The van der Waals surface area contributed by atoms with E-state index in [2.05, 4.69) is 12.2 Å². The summed E-state index contributed by atoms with van der Waals surface area (Å²) in [6.07, 6.45) is 8.15. The molecule has 0 fully saturated rings. The Morgan fingerprint density at radius 3 is 2.67 bits per heavy atom. The normalized spacial score (nSPS) is 24.2. The number of hydrogen-bond acceptors (Lipinski definition) is 2. The van der Waals surface area contributed by atoms with Crippen molar-refractivity contribution in [3.63, 3.8) is 0 Å². The lowest BCUT2D eigenvalue weighted by molar-refractivity contribution is 0.464. The van der Waals surface area contributed by atoms with Crippen molar-refractivity contribution in [3.8, 4) is 0 Å². The molecule has 0 spiro atoms. The summed E-state index contributed by atoms with van der Waals surface area (Å²) in [5, 5.41) is 0. The molecule has 0 N–H and O–H groups in total. The maximum Gasteiger partial charge on any atom is 0.232 e. The van der Waals surface area contributed by atoms with Crippen LogP contribution in [0.25, 0.3) is 0 Å². The molecule has 1 aliphatic carbocycles. The van der Waals surface area contributed by atoms with E-state index in [0.29, 0.717) is 12.3 Å². The molecule has 2 nitrogen and oxygen atoms in total. The fourth-order valence-electron chi connectivity index (χ4n) is 1.43. The predicted octanol–water partition coefficient (Wildman–Crippen LogP) is 2.30. The third-order valence-corrected chi connectivity index (χ3v) is 3.33. The minimum absolute atomic E-state index is 0.118. The largest absolute Gasteiger partial charge is 0.232 e. The van der Waals surface area contributed by atoms with Gasteiger partial charge in [0.25, 0.3) is 0 Å². The summed E-state index contributed by atoms with van der Waals surface area (Å²) >= 11 is 0. The van der Waals surface area contributed by atoms with E-state index in [1.54, 1.807) is 0 Å². The molecule has 0 saturated carbocycles. The molecule has 12 heavy (non-hydrogen) atoms. The molecule has 0 heterocycles. The Hall–Kier alpha value is -0.0200. The van der Waals surface area contributed by atoms with Crippen molar-refractivity contribution < 1.29 is 8.42 Å². The van der Waals surface area contributed by atoms with E-state index in [1.165, 1.54) is 0 Å². The van der Waals surface area contributed by atoms with Gasteiger partial charge in [-0.2, -0.15) is 0 Å². The second kappa shape index (κ2) is 4.28. The Bertz CT molecular complexity index is 256. The summed E-state index contributed by atoms with van der Waals surface area (Å²) in [7, 11) is 1.83. The van der Waals surface area contributed by atoms with Gasteiger partial charge < -0.3 is 0 Å². The minimum atomic E-state index is -3.28. The first-order valence-electron chi connectivity index (χ1n) is 4.15. The second-order valence-corrected chi connectivity index (χ2v) is 6.08. The zero-order valence-corrected chi connectivity index (χ0v) is 8.44. The van der Waals surface area contributed by atoms with Gasteiger partial charge in [-0.15, -0.1) is 0 Å². The molecule has 1 atom stereocenters. The van der Waals surface area contributed by atoms with Crippen molar-refractivity contribution in [1.29, 1.82) is 0 Å².